The van der Waals surface area contributed by atoms with Crippen LogP contribution in [0.25, 0.3) is 0 Å². The van der Waals surface area contributed by atoms with Crippen molar-refractivity contribution in [2.24, 2.45) is 0 Å². The van der Waals surface area contributed by atoms with Gasteiger partial charge in [-0.2, -0.15) is 0 Å². The lowest BCUT2D eigenvalue weighted by molar-refractivity contribution is 0.0471. The molecular formula is C43H54N4O11S9. The molecule has 1 N–H and O–H groups in total. The number of nitrogens with one attached hydrogen (secondary N) is 1. The first-order valence-electron chi connectivity index (χ1n) is 21.4. The van der Waals surface area contributed by atoms with Crippen molar-refractivity contribution >= 4 is 137 Å². The second-order valence-corrected chi connectivity index (χ2v) is 21.4. The fraction of sp³-hybridized carbons (Fsp3) is 0.512. The molecule has 0 aliphatic carbocycles. The lowest BCUT2D eigenvalue weighted by atomic mass is 10.3. The number of thioether (sulfide) groups is 3. The monoisotopic (exact) mass is 1090 g/mol. The third-order valence-corrected chi connectivity index (χ3v) is 16.0. The summed E-state index contributed by atoms with van der Waals surface area (Å²) in [6.07, 6.45) is -0.224. The number of hydrogen-bond donors (Lipinski definition) is 1. The number of hydrogen-bond acceptors (Lipinski definition) is 20. The molecule has 4 aromatic rings. The normalized spacial score (nSPS) is 12.5. The molecule has 0 aliphatic rings. The summed E-state index contributed by atoms with van der Waals surface area (Å²) in [5.74, 6) is -0.0380. The van der Waals surface area contributed by atoms with E-state index in [-0.39, 0.29) is 47.9 Å². The zero-order valence-electron chi connectivity index (χ0n) is 37.2. The standard InChI is InChI=1S/C43H54N4O11S9/c1-4-15-44-40(61)58-31(28-67-39(50)34-13-10-22-64-34)25-47-42(52)45(23-29(56-35(59)6-3)26-65-37(48)32-11-8-20-62-32)41(51)46(43(47)53)24-30(27-66-38(49)33-12-9-21-63-33)57-36(60)14-7-17-55-19-18-54-16-5-2/h8-13,20-22,29-31H,4-7,14-19,23-28H2,1-3H3,(H,44,61). The quantitative estimate of drug-likeness (QED) is 0.0395. The van der Waals surface area contributed by atoms with E-state index >= 15 is 0 Å². The van der Waals surface area contributed by atoms with E-state index in [1.807, 2.05) is 13.8 Å². The van der Waals surface area contributed by atoms with Crippen molar-refractivity contribution in [2.75, 3.05) is 50.2 Å². The summed E-state index contributed by atoms with van der Waals surface area (Å²) in [5, 5.41) is 7.95. The number of aromatic nitrogens is 3. The van der Waals surface area contributed by atoms with Crippen molar-refractivity contribution in [1.82, 2.24) is 19.0 Å². The first-order chi connectivity index (χ1) is 32.3. The van der Waals surface area contributed by atoms with E-state index in [0.29, 0.717) is 66.9 Å². The number of thiophene rings is 3. The molecule has 3 atom stereocenters. The van der Waals surface area contributed by atoms with Crippen LogP contribution < -0.4 is 22.4 Å². The van der Waals surface area contributed by atoms with Crippen LogP contribution in [0.1, 0.15) is 81.9 Å². The van der Waals surface area contributed by atoms with Crippen LogP contribution in [0, 0.1) is 0 Å². The Morgan fingerprint density at radius 1 is 0.597 bits per heavy atom. The maximum absolute atomic E-state index is 14.7. The maximum Gasteiger partial charge on any atom is 0.336 e. The maximum atomic E-state index is 14.7. The molecule has 24 heteroatoms. The van der Waals surface area contributed by atoms with E-state index in [1.165, 1.54) is 34.0 Å². The number of nitrogens with zero attached hydrogens (tertiary/aromatic N) is 3. The summed E-state index contributed by atoms with van der Waals surface area (Å²) in [4.78, 5) is 84.9. The van der Waals surface area contributed by atoms with Gasteiger partial charge >= 0.3 is 17.1 Å². The first kappa shape index (κ1) is 56.5. The van der Waals surface area contributed by atoms with Gasteiger partial charge in [0.05, 0.1) is 47.5 Å². The van der Waals surface area contributed by atoms with E-state index in [2.05, 4.69) is 5.32 Å². The van der Waals surface area contributed by atoms with Gasteiger partial charge in [-0.25, -0.2) is 28.1 Å². The summed E-state index contributed by atoms with van der Waals surface area (Å²) in [6, 6.07) is 10.3. The van der Waals surface area contributed by atoms with Crippen molar-refractivity contribution in [3.63, 3.8) is 0 Å². The van der Waals surface area contributed by atoms with Crippen LogP contribution in [-0.4, -0.2) is 113 Å². The number of carbonyl (C=O) groups excluding carboxylic acids is 3. The van der Waals surface area contributed by atoms with Gasteiger partial charge in [0.1, 0.15) is 18.3 Å². The van der Waals surface area contributed by atoms with Gasteiger partial charge in [0.2, 0.25) is 15.3 Å². The van der Waals surface area contributed by atoms with Gasteiger partial charge in [-0.1, -0.05) is 74.3 Å². The fourth-order valence-corrected chi connectivity index (χ4v) is 11.2. The van der Waals surface area contributed by atoms with Crippen molar-refractivity contribution in [3.8, 4) is 0 Å². The number of ether oxygens (including phenoxy) is 5. The van der Waals surface area contributed by atoms with E-state index in [1.54, 1.807) is 59.5 Å². The average Bonchev–Trinajstić information content (AvgIpc) is 4.16. The predicted octanol–water partition coefficient (Wildman–Crippen LogP) is 7.81. The van der Waals surface area contributed by atoms with Gasteiger partial charge in [0.25, 0.3) is 5.17 Å². The smallest absolute Gasteiger partial charge is 0.336 e. The minimum absolute atomic E-state index is 0.00339. The van der Waals surface area contributed by atoms with Crippen LogP contribution in [0.2, 0.25) is 0 Å². The lowest BCUT2D eigenvalue weighted by Gasteiger charge is -2.24. The molecule has 0 radical (unpaired) electrons. The molecule has 0 saturated carbocycles. The van der Waals surface area contributed by atoms with Gasteiger partial charge in [-0.15, -0.1) is 34.0 Å². The Labute approximate surface area is 430 Å². The molecule has 3 unspecified atom stereocenters. The number of carbonyl (C=O) groups is 3. The predicted molar refractivity (Wildman–Crippen MR) is 285 cm³/mol. The molecule has 15 nitrogen and oxygen atoms in total. The number of thiocarbonyl (C=S) groups is 3. The summed E-state index contributed by atoms with van der Waals surface area (Å²) in [7, 11) is 0. The van der Waals surface area contributed by atoms with Gasteiger partial charge in [0, 0.05) is 49.9 Å². The van der Waals surface area contributed by atoms with Gasteiger partial charge < -0.3 is 29.0 Å². The fourth-order valence-electron chi connectivity index (χ4n) is 5.76. The molecule has 0 bridgehead atoms. The summed E-state index contributed by atoms with van der Waals surface area (Å²) < 4.78 is 32.1. The molecule has 4 rings (SSSR count). The Bertz CT molecular complexity index is 2370. The summed E-state index contributed by atoms with van der Waals surface area (Å²) in [6.45, 7) is 6.87. The highest BCUT2D eigenvalue weighted by Crippen LogP contribution is 2.22. The van der Waals surface area contributed by atoms with Crippen molar-refractivity contribution in [1.29, 1.82) is 0 Å². The van der Waals surface area contributed by atoms with Crippen LogP contribution in [0.4, 0.5) is 0 Å². The molecule has 0 spiro atoms. The average molecular weight is 1090 g/mol. The third kappa shape index (κ3) is 19.7. The summed E-state index contributed by atoms with van der Waals surface area (Å²) in [5.41, 5.74) is -2.99. The largest absolute Gasteiger partial charge is 0.481 e. The molecule has 4 heterocycles. The van der Waals surface area contributed by atoms with Crippen LogP contribution in [-0.2, 0) is 43.3 Å². The van der Waals surface area contributed by atoms with Gasteiger partial charge in [-0.05, 0) is 90.3 Å². The molecule has 0 saturated heterocycles. The highest BCUT2D eigenvalue weighted by Gasteiger charge is 2.28. The molecule has 366 valence electrons. The van der Waals surface area contributed by atoms with E-state index in [9.17, 15) is 28.8 Å². The minimum atomic E-state index is -1.02. The molecular weight excluding hydrogens is 1040 g/mol. The zero-order valence-corrected chi connectivity index (χ0v) is 44.6. The Hall–Kier alpha value is -3.04. The molecule has 4 aromatic heterocycles. The zero-order chi connectivity index (χ0) is 48.6. The van der Waals surface area contributed by atoms with E-state index < -0.39 is 55.0 Å². The molecule has 0 aliphatic heterocycles. The second-order valence-electron chi connectivity index (χ2n) is 14.3. The SMILES string of the molecule is CCCNC(=S)OC(CSC(=O)c1cccs1)Cn1c(=O)n(CC(CSC(=O)c2cccs2)OC(=S)CC)c(=O)n(CC(CSC(=O)c2cccs2)OC(=S)CCCOCCOCCC)c1=O. The Morgan fingerprint density at radius 3 is 1.40 bits per heavy atom. The topological polar surface area (TPSA) is 175 Å². The molecule has 0 amide bonds. The second kappa shape index (κ2) is 31.2. The van der Waals surface area contributed by atoms with Crippen molar-refractivity contribution in [2.45, 2.75) is 90.8 Å². The van der Waals surface area contributed by atoms with Gasteiger partial charge in [0.15, 0.2) is 10.1 Å². The Balaban J connectivity index is 1.74. The van der Waals surface area contributed by atoms with Crippen LogP contribution in [0.15, 0.2) is 66.9 Å². The number of rotatable bonds is 30. The minimum Gasteiger partial charge on any atom is -0.481 e. The molecule has 67 heavy (non-hydrogen) atoms. The third-order valence-electron chi connectivity index (χ3n) is 8.98. The van der Waals surface area contributed by atoms with Crippen LogP contribution in [0.3, 0.4) is 0 Å². The van der Waals surface area contributed by atoms with Crippen LogP contribution >= 0.6 is 106 Å². The summed E-state index contributed by atoms with van der Waals surface area (Å²) >= 11 is 23.1. The van der Waals surface area contributed by atoms with Crippen molar-refractivity contribution < 1.29 is 38.1 Å². The van der Waals surface area contributed by atoms with E-state index in [4.69, 9.17) is 60.3 Å². The van der Waals surface area contributed by atoms with Crippen molar-refractivity contribution in [3.05, 3.63) is 98.6 Å². The first-order valence-corrected chi connectivity index (χ1v) is 28.2. The van der Waals surface area contributed by atoms with E-state index in [0.717, 1.165) is 61.8 Å². The highest BCUT2D eigenvalue weighted by molar-refractivity contribution is 8.15. The molecule has 0 fully saturated rings. The Morgan fingerprint density at radius 2 is 1.01 bits per heavy atom. The Kier molecular flexibility index (Phi) is 26.4. The van der Waals surface area contributed by atoms with Crippen LogP contribution in [0.5, 0.6) is 0 Å². The lowest BCUT2D eigenvalue weighted by Crippen LogP contribution is -2.58. The van der Waals surface area contributed by atoms with Gasteiger partial charge in [-0.3, -0.25) is 14.4 Å². The highest BCUT2D eigenvalue weighted by atomic mass is 32.2. The molecule has 0 aromatic carbocycles.